The molecule has 1 N–H and O–H groups in total. The molecular formula is C15H20BrNO4. The van der Waals surface area contributed by atoms with E-state index in [2.05, 4.69) is 15.9 Å². The van der Waals surface area contributed by atoms with Gasteiger partial charge in [0.15, 0.2) is 0 Å². The van der Waals surface area contributed by atoms with Gasteiger partial charge < -0.3 is 14.6 Å². The fourth-order valence-corrected chi connectivity index (χ4v) is 3.25. The molecule has 1 saturated heterocycles. The number of methoxy groups -OCH3 is 2. The van der Waals surface area contributed by atoms with E-state index in [1.807, 2.05) is 17.0 Å². The van der Waals surface area contributed by atoms with Gasteiger partial charge in [0, 0.05) is 12.1 Å². The Morgan fingerprint density at radius 3 is 2.62 bits per heavy atom. The van der Waals surface area contributed by atoms with Crippen molar-refractivity contribution in [2.75, 3.05) is 20.8 Å². The molecule has 1 aromatic rings. The second kappa shape index (κ2) is 6.23. The Labute approximate surface area is 133 Å². The van der Waals surface area contributed by atoms with Crippen LogP contribution in [0.5, 0.6) is 11.5 Å². The van der Waals surface area contributed by atoms with Crippen molar-refractivity contribution in [2.45, 2.75) is 31.8 Å². The van der Waals surface area contributed by atoms with Gasteiger partial charge in [0.2, 0.25) is 0 Å². The zero-order chi connectivity index (χ0) is 15.6. The summed E-state index contributed by atoms with van der Waals surface area (Å²) in [6, 6.07) is 3.74. The monoisotopic (exact) mass is 357 g/mol. The lowest BCUT2D eigenvalue weighted by Gasteiger charge is -2.31. The predicted octanol–water partition coefficient (Wildman–Crippen LogP) is 2.91. The van der Waals surface area contributed by atoms with Crippen molar-refractivity contribution >= 4 is 21.9 Å². The van der Waals surface area contributed by atoms with Crippen molar-refractivity contribution in [3.63, 3.8) is 0 Å². The number of hydrogen-bond acceptors (Lipinski definition) is 4. The highest BCUT2D eigenvalue weighted by Gasteiger charge is 2.43. The average molecular weight is 358 g/mol. The fourth-order valence-electron chi connectivity index (χ4n) is 2.77. The third-order valence-corrected chi connectivity index (χ3v) is 4.79. The SMILES string of the molecule is COc1cc(CN2CCCC2(C)C(=O)O)c(OC)cc1Br. The third-order valence-electron chi connectivity index (χ3n) is 4.17. The Balaban J connectivity index is 2.32. The van der Waals surface area contributed by atoms with E-state index in [4.69, 9.17) is 9.47 Å². The van der Waals surface area contributed by atoms with Crippen LogP contribution in [0, 0.1) is 0 Å². The molecule has 1 atom stereocenters. The number of ether oxygens (including phenoxy) is 2. The number of hydrogen-bond donors (Lipinski definition) is 1. The molecule has 21 heavy (non-hydrogen) atoms. The van der Waals surface area contributed by atoms with Crippen molar-refractivity contribution in [1.29, 1.82) is 0 Å². The molecular weight excluding hydrogens is 338 g/mol. The fraction of sp³-hybridized carbons (Fsp3) is 0.533. The summed E-state index contributed by atoms with van der Waals surface area (Å²) in [4.78, 5) is 13.5. The van der Waals surface area contributed by atoms with Crippen LogP contribution < -0.4 is 9.47 Å². The molecule has 0 bridgehead atoms. The molecule has 0 radical (unpaired) electrons. The van der Waals surface area contributed by atoms with Gasteiger partial charge in [-0.1, -0.05) is 0 Å². The highest BCUT2D eigenvalue weighted by atomic mass is 79.9. The Kier molecular flexibility index (Phi) is 4.78. The van der Waals surface area contributed by atoms with Gasteiger partial charge in [0.05, 0.1) is 18.7 Å². The van der Waals surface area contributed by atoms with E-state index in [-0.39, 0.29) is 0 Å². The number of nitrogens with zero attached hydrogens (tertiary/aromatic N) is 1. The Morgan fingerprint density at radius 2 is 2.05 bits per heavy atom. The molecule has 0 amide bonds. The largest absolute Gasteiger partial charge is 0.496 e. The molecule has 1 heterocycles. The average Bonchev–Trinajstić information content (AvgIpc) is 2.83. The summed E-state index contributed by atoms with van der Waals surface area (Å²) in [7, 11) is 3.21. The molecule has 0 saturated carbocycles. The summed E-state index contributed by atoms with van der Waals surface area (Å²) in [5, 5.41) is 9.49. The summed E-state index contributed by atoms with van der Waals surface area (Å²) in [6.07, 6.45) is 1.55. The number of aliphatic carboxylic acids is 1. The number of carboxylic acid groups (broad SMARTS) is 1. The number of carbonyl (C=O) groups is 1. The van der Waals surface area contributed by atoms with Crippen LogP contribution in [-0.4, -0.2) is 42.3 Å². The summed E-state index contributed by atoms with van der Waals surface area (Å²) in [5.41, 5.74) is 0.109. The first-order chi connectivity index (χ1) is 9.92. The molecule has 1 aromatic carbocycles. The van der Waals surface area contributed by atoms with Gasteiger partial charge in [0.1, 0.15) is 17.0 Å². The molecule has 6 heteroatoms. The highest BCUT2D eigenvalue weighted by molar-refractivity contribution is 9.10. The summed E-state index contributed by atoms with van der Waals surface area (Å²) in [6.45, 7) is 3.07. The quantitative estimate of drug-likeness (QED) is 0.877. The number of carboxylic acids is 1. The topological polar surface area (TPSA) is 59.0 Å². The van der Waals surface area contributed by atoms with Crippen LogP contribution in [0.25, 0.3) is 0 Å². The maximum atomic E-state index is 11.6. The number of benzene rings is 1. The Morgan fingerprint density at radius 1 is 1.38 bits per heavy atom. The molecule has 2 rings (SSSR count). The van der Waals surface area contributed by atoms with Gasteiger partial charge in [-0.3, -0.25) is 9.69 Å². The van der Waals surface area contributed by atoms with Crippen molar-refractivity contribution in [1.82, 2.24) is 4.90 Å². The van der Waals surface area contributed by atoms with Crippen LogP contribution in [0.4, 0.5) is 0 Å². The lowest BCUT2D eigenvalue weighted by Crippen LogP contribution is -2.47. The van der Waals surface area contributed by atoms with Crippen molar-refractivity contribution in [3.05, 3.63) is 22.2 Å². The second-order valence-electron chi connectivity index (χ2n) is 5.40. The lowest BCUT2D eigenvalue weighted by molar-refractivity contribution is -0.148. The van der Waals surface area contributed by atoms with Gasteiger partial charge in [-0.05, 0) is 54.4 Å². The van der Waals surface area contributed by atoms with Crippen LogP contribution in [0.3, 0.4) is 0 Å². The van der Waals surface area contributed by atoms with Crippen LogP contribution in [-0.2, 0) is 11.3 Å². The summed E-state index contributed by atoms with van der Waals surface area (Å²) in [5.74, 6) is 0.660. The van der Waals surface area contributed by atoms with E-state index < -0.39 is 11.5 Å². The minimum absolute atomic E-state index is 0.523. The minimum Gasteiger partial charge on any atom is -0.496 e. The van der Waals surface area contributed by atoms with Crippen molar-refractivity contribution in [3.8, 4) is 11.5 Å². The zero-order valence-corrected chi connectivity index (χ0v) is 14.1. The van der Waals surface area contributed by atoms with E-state index >= 15 is 0 Å². The first-order valence-corrected chi connectivity index (χ1v) is 7.60. The first-order valence-electron chi connectivity index (χ1n) is 6.81. The molecule has 0 aromatic heterocycles. The second-order valence-corrected chi connectivity index (χ2v) is 6.26. The Hall–Kier alpha value is -1.27. The number of likely N-dealkylation sites (tertiary alicyclic amines) is 1. The minimum atomic E-state index is -0.814. The van der Waals surface area contributed by atoms with Gasteiger partial charge in [0.25, 0.3) is 0 Å². The van der Waals surface area contributed by atoms with Gasteiger partial charge in [-0.2, -0.15) is 0 Å². The molecule has 5 nitrogen and oxygen atoms in total. The summed E-state index contributed by atoms with van der Waals surface area (Å²) < 4.78 is 11.5. The maximum Gasteiger partial charge on any atom is 0.323 e. The standard InChI is InChI=1S/C15H20BrNO4/c1-15(14(18)19)5-4-6-17(15)9-10-7-13(21-3)11(16)8-12(10)20-2/h7-8H,4-6,9H2,1-3H3,(H,18,19). The van der Waals surface area contributed by atoms with E-state index in [9.17, 15) is 9.90 Å². The van der Waals surface area contributed by atoms with E-state index in [0.29, 0.717) is 18.7 Å². The van der Waals surface area contributed by atoms with Crippen LogP contribution in [0.15, 0.2) is 16.6 Å². The smallest absolute Gasteiger partial charge is 0.323 e. The predicted molar refractivity (Wildman–Crippen MR) is 82.9 cm³/mol. The molecule has 116 valence electrons. The van der Waals surface area contributed by atoms with Gasteiger partial charge in [-0.25, -0.2) is 0 Å². The summed E-state index contributed by atoms with van der Waals surface area (Å²) >= 11 is 3.43. The van der Waals surface area contributed by atoms with Crippen molar-refractivity contribution < 1.29 is 19.4 Å². The maximum absolute atomic E-state index is 11.6. The Bertz CT molecular complexity index is 549. The molecule has 0 aliphatic carbocycles. The van der Waals surface area contributed by atoms with Crippen LogP contribution >= 0.6 is 15.9 Å². The normalized spacial score (nSPS) is 22.3. The van der Waals surface area contributed by atoms with Crippen LogP contribution in [0.2, 0.25) is 0 Å². The van der Waals surface area contributed by atoms with Gasteiger partial charge >= 0.3 is 5.97 Å². The first kappa shape index (κ1) is 16.1. The number of halogens is 1. The van der Waals surface area contributed by atoms with E-state index in [1.165, 1.54) is 0 Å². The van der Waals surface area contributed by atoms with Crippen molar-refractivity contribution in [2.24, 2.45) is 0 Å². The molecule has 1 unspecified atom stereocenters. The highest BCUT2D eigenvalue weighted by Crippen LogP contribution is 2.36. The lowest BCUT2D eigenvalue weighted by atomic mass is 9.98. The zero-order valence-electron chi connectivity index (χ0n) is 12.5. The van der Waals surface area contributed by atoms with E-state index in [0.717, 1.165) is 28.8 Å². The molecule has 0 spiro atoms. The number of rotatable bonds is 5. The van der Waals surface area contributed by atoms with E-state index in [1.54, 1.807) is 21.1 Å². The van der Waals surface area contributed by atoms with Crippen LogP contribution in [0.1, 0.15) is 25.3 Å². The third kappa shape index (κ3) is 3.01. The molecule has 1 fully saturated rings. The molecule has 1 aliphatic heterocycles. The van der Waals surface area contributed by atoms with Gasteiger partial charge in [-0.15, -0.1) is 0 Å². The molecule has 1 aliphatic rings.